The molecule has 4 aromatic rings. The molecule has 3 N–H and O–H groups in total. The number of carbonyl (C=O) groups is 2. The Balaban J connectivity index is 1.48. The first-order valence-electron chi connectivity index (χ1n) is 9.30. The van der Waals surface area contributed by atoms with E-state index in [1.807, 2.05) is 39.8 Å². The molecule has 0 atom stereocenters. The number of aromatic nitrogens is 5. The summed E-state index contributed by atoms with van der Waals surface area (Å²) in [7, 11) is 0. The maximum atomic E-state index is 12.7. The Kier molecular flexibility index (Phi) is 4.86. The maximum absolute atomic E-state index is 12.7. The van der Waals surface area contributed by atoms with Crippen LogP contribution >= 0.6 is 11.3 Å². The Morgan fingerprint density at radius 3 is 2.63 bits per heavy atom. The predicted molar refractivity (Wildman–Crippen MR) is 116 cm³/mol. The second kappa shape index (κ2) is 7.38. The number of hydrogen-bond donors (Lipinski definition) is 3. The van der Waals surface area contributed by atoms with Gasteiger partial charge in [0.15, 0.2) is 10.8 Å². The minimum atomic E-state index is -0.377. The van der Waals surface area contributed by atoms with Gasteiger partial charge in [0.1, 0.15) is 4.88 Å². The van der Waals surface area contributed by atoms with Crippen molar-refractivity contribution in [3.8, 4) is 0 Å². The van der Waals surface area contributed by atoms with Crippen LogP contribution < -0.4 is 10.6 Å². The van der Waals surface area contributed by atoms with E-state index in [4.69, 9.17) is 0 Å². The molecule has 3 aromatic heterocycles. The lowest BCUT2D eigenvalue weighted by molar-refractivity contribution is 0.101. The molecule has 0 radical (unpaired) electrons. The van der Waals surface area contributed by atoms with Gasteiger partial charge in [-0.25, -0.2) is 4.98 Å². The third kappa shape index (κ3) is 3.81. The van der Waals surface area contributed by atoms with Crippen molar-refractivity contribution in [3.05, 3.63) is 52.9 Å². The molecule has 3 heterocycles. The van der Waals surface area contributed by atoms with E-state index in [2.05, 4.69) is 30.9 Å². The zero-order chi connectivity index (χ0) is 21.5. The molecule has 4 rings (SSSR count). The van der Waals surface area contributed by atoms with Crippen LogP contribution in [0.1, 0.15) is 46.5 Å². The Labute approximate surface area is 176 Å². The van der Waals surface area contributed by atoms with Crippen LogP contribution in [0.15, 0.2) is 36.8 Å². The third-order valence-electron chi connectivity index (χ3n) is 4.53. The first kappa shape index (κ1) is 19.8. The number of H-pyrrole nitrogens is 1. The van der Waals surface area contributed by atoms with Crippen LogP contribution in [0.25, 0.3) is 10.9 Å². The first-order chi connectivity index (χ1) is 14.2. The van der Waals surface area contributed by atoms with Crippen LogP contribution in [0.5, 0.6) is 0 Å². The standard InChI is InChI=1S/C20H21N7O2S/c1-11-5-6-13-12(9-22-25-13)16(11)23-18(29)15-10-21-19(30-15)24-17(28)14-7-8-27(26-14)20(2,3)4/h5-10H,1-4H3,(H,22,25)(H,23,29)(H,21,24,28). The summed E-state index contributed by atoms with van der Waals surface area (Å²) >= 11 is 1.10. The molecule has 0 aliphatic heterocycles. The van der Waals surface area contributed by atoms with E-state index < -0.39 is 0 Å². The Morgan fingerprint density at radius 1 is 1.10 bits per heavy atom. The summed E-state index contributed by atoms with van der Waals surface area (Å²) in [5.41, 5.74) is 2.51. The molecule has 0 saturated heterocycles. The van der Waals surface area contributed by atoms with Crippen LogP contribution in [0.3, 0.4) is 0 Å². The fraction of sp³-hybridized carbons (Fsp3) is 0.250. The predicted octanol–water partition coefficient (Wildman–Crippen LogP) is 3.78. The van der Waals surface area contributed by atoms with E-state index >= 15 is 0 Å². The number of aromatic amines is 1. The minimum absolute atomic E-state index is 0.221. The van der Waals surface area contributed by atoms with Crippen molar-refractivity contribution in [2.75, 3.05) is 10.6 Å². The van der Waals surface area contributed by atoms with Crippen LogP contribution in [0.2, 0.25) is 0 Å². The average Bonchev–Trinajstić information content (AvgIpc) is 3.43. The van der Waals surface area contributed by atoms with E-state index in [1.54, 1.807) is 23.1 Å². The van der Waals surface area contributed by atoms with E-state index in [9.17, 15) is 9.59 Å². The van der Waals surface area contributed by atoms with Crippen LogP contribution in [-0.4, -0.2) is 36.8 Å². The molecule has 0 fully saturated rings. The Morgan fingerprint density at radius 2 is 1.90 bits per heavy atom. The lowest BCUT2D eigenvalue weighted by Crippen LogP contribution is -2.23. The van der Waals surface area contributed by atoms with Crippen LogP contribution in [0, 0.1) is 6.92 Å². The number of carbonyl (C=O) groups excluding carboxylic acids is 2. The SMILES string of the molecule is Cc1ccc2[nH]ncc2c1NC(=O)c1cnc(NC(=O)c2ccn(C(C)(C)C)n2)s1. The molecule has 2 amide bonds. The number of hydrogen-bond acceptors (Lipinski definition) is 6. The van der Waals surface area contributed by atoms with E-state index in [0.29, 0.717) is 15.7 Å². The van der Waals surface area contributed by atoms with Crippen molar-refractivity contribution in [1.29, 1.82) is 0 Å². The van der Waals surface area contributed by atoms with Crippen molar-refractivity contribution >= 4 is 44.9 Å². The number of fused-ring (bicyclic) bond motifs is 1. The summed E-state index contributed by atoms with van der Waals surface area (Å²) in [6.07, 6.45) is 4.87. The van der Waals surface area contributed by atoms with Gasteiger partial charge in [0.25, 0.3) is 11.8 Å². The topological polar surface area (TPSA) is 118 Å². The summed E-state index contributed by atoms with van der Waals surface area (Å²) in [5.74, 6) is -0.680. The van der Waals surface area contributed by atoms with Gasteiger partial charge >= 0.3 is 0 Å². The first-order valence-corrected chi connectivity index (χ1v) is 10.1. The number of amides is 2. The summed E-state index contributed by atoms with van der Waals surface area (Å²) in [4.78, 5) is 29.7. The van der Waals surface area contributed by atoms with Crippen LogP contribution in [0.4, 0.5) is 10.8 Å². The van der Waals surface area contributed by atoms with Gasteiger partial charge in [-0.1, -0.05) is 17.4 Å². The monoisotopic (exact) mass is 423 g/mol. The highest BCUT2D eigenvalue weighted by atomic mass is 32.1. The highest BCUT2D eigenvalue weighted by Gasteiger charge is 2.19. The van der Waals surface area contributed by atoms with E-state index in [-0.39, 0.29) is 23.0 Å². The van der Waals surface area contributed by atoms with Gasteiger partial charge in [-0.05, 0) is 45.4 Å². The van der Waals surface area contributed by atoms with Gasteiger partial charge < -0.3 is 5.32 Å². The molecule has 0 unspecified atom stereocenters. The van der Waals surface area contributed by atoms with Crippen molar-refractivity contribution < 1.29 is 9.59 Å². The molecule has 0 spiro atoms. The van der Waals surface area contributed by atoms with Crippen molar-refractivity contribution in [2.45, 2.75) is 33.2 Å². The second-order valence-corrected chi connectivity index (χ2v) is 8.87. The smallest absolute Gasteiger partial charge is 0.277 e. The fourth-order valence-corrected chi connectivity index (χ4v) is 3.59. The van der Waals surface area contributed by atoms with Gasteiger partial charge in [0.05, 0.1) is 29.1 Å². The van der Waals surface area contributed by atoms with E-state index in [0.717, 1.165) is 27.8 Å². The minimum Gasteiger partial charge on any atom is -0.320 e. The third-order valence-corrected chi connectivity index (χ3v) is 5.44. The molecule has 0 aliphatic rings. The Hall–Kier alpha value is -3.53. The average molecular weight is 424 g/mol. The number of aryl methyl sites for hydroxylation is 1. The number of nitrogens with zero attached hydrogens (tertiary/aromatic N) is 4. The van der Waals surface area contributed by atoms with Gasteiger partial charge in [0, 0.05) is 11.6 Å². The molecule has 10 heteroatoms. The molecule has 0 aliphatic carbocycles. The summed E-state index contributed by atoms with van der Waals surface area (Å²) in [5, 5.41) is 18.0. The summed E-state index contributed by atoms with van der Waals surface area (Å²) < 4.78 is 1.72. The highest BCUT2D eigenvalue weighted by Crippen LogP contribution is 2.27. The summed E-state index contributed by atoms with van der Waals surface area (Å²) in [6.45, 7) is 7.91. The largest absolute Gasteiger partial charge is 0.320 e. The van der Waals surface area contributed by atoms with Gasteiger partial charge in [0.2, 0.25) is 0 Å². The molecule has 0 bridgehead atoms. The molecule has 9 nitrogen and oxygen atoms in total. The molecular formula is C20H21N7O2S. The molecular weight excluding hydrogens is 402 g/mol. The van der Waals surface area contributed by atoms with Gasteiger partial charge in [-0.3, -0.25) is 24.7 Å². The number of benzene rings is 1. The van der Waals surface area contributed by atoms with Crippen molar-refractivity contribution in [3.63, 3.8) is 0 Å². The van der Waals surface area contributed by atoms with Gasteiger partial charge in [-0.2, -0.15) is 10.2 Å². The second-order valence-electron chi connectivity index (χ2n) is 7.84. The van der Waals surface area contributed by atoms with Crippen LogP contribution in [-0.2, 0) is 5.54 Å². The number of nitrogens with one attached hydrogen (secondary N) is 3. The highest BCUT2D eigenvalue weighted by molar-refractivity contribution is 7.17. The normalized spacial score (nSPS) is 11.6. The zero-order valence-electron chi connectivity index (χ0n) is 17.0. The molecule has 30 heavy (non-hydrogen) atoms. The van der Waals surface area contributed by atoms with Gasteiger partial charge in [-0.15, -0.1) is 0 Å². The molecule has 0 saturated carbocycles. The zero-order valence-corrected chi connectivity index (χ0v) is 17.8. The number of thiazole rings is 1. The lowest BCUT2D eigenvalue weighted by Gasteiger charge is -2.18. The Bertz CT molecular complexity index is 1250. The van der Waals surface area contributed by atoms with E-state index in [1.165, 1.54) is 6.20 Å². The lowest BCUT2D eigenvalue weighted by atomic mass is 10.1. The maximum Gasteiger partial charge on any atom is 0.277 e. The summed E-state index contributed by atoms with van der Waals surface area (Å²) in [6, 6.07) is 5.47. The number of anilines is 2. The fourth-order valence-electron chi connectivity index (χ4n) is 2.88. The molecule has 154 valence electrons. The van der Waals surface area contributed by atoms with Crippen molar-refractivity contribution in [2.24, 2.45) is 0 Å². The van der Waals surface area contributed by atoms with Crippen molar-refractivity contribution in [1.82, 2.24) is 25.0 Å². The quantitative estimate of drug-likeness (QED) is 0.462. The number of rotatable bonds is 4. The molecule has 1 aromatic carbocycles.